The number of ether oxygens (including phenoxy) is 2. The molecule has 4 nitrogen and oxygen atoms in total. The summed E-state index contributed by atoms with van der Waals surface area (Å²) in [5.41, 5.74) is 1.41. The molecule has 0 N–H and O–H groups in total. The summed E-state index contributed by atoms with van der Waals surface area (Å²) < 4.78 is 10.1. The van der Waals surface area contributed by atoms with Crippen LogP contribution in [0.1, 0.15) is 15.9 Å². The van der Waals surface area contributed by atoms with Crippen LogP contribution in [0.25, 0.3) is 0 Å². The SMILES string of the molecule is COC(=O)c1ccc(Oc2ccc(C)cc2Cl)nc1. The van der Waals surface area contributed by atoms with Crippen molar-refractivity contribution in [2.45, 2.75) is 6.92 Å². The van der Waals surface area contributed by atoms with Crippen molar-refractivity contribution in [3.05, 3.63) is 52.7 Å². The number of nitrogens with zero attached hydrogens (tertiary/aromatic N) is 1. The predicted molar refractivity (Wildman–Crippen MR) is 71.8 cm³/mol. The summed E-state index contributed by atoms with van der Waals surface area (Å²) in [4.78, 5) is 15.3. The van der Waals surface area contributed by atoms with E-state index in [1.54, 1.807) is 24.3 Å². The number of hydrogen-bond donors (Lipinski definition) is 0. The van der Waals surface area contributed by atoms with Crippen molar-refractivity contribution in [2.24, 2.45) is 0 Å². The van der Waals surface area contributed by atoms with Crippen LogP contribution in [-0.4, -0.2) is 18.1 Å². The van der Waals surface area contributed by atoms with E-state index in [1.165, 1.54) is 13.3 Å². The molecule has 0 saturated carbocycles. The van der Waals surface area contributed by atoms with Gasteiger partial charge in [-0.15, -0.1) is 0 Å². The average molecular weight is 278 g/mol. The van der Waals surface area contributed by atoms with E-state index < -0.39 is 5.97 Å². The number of rotatable bonds is 3. The van der Waals surface area contributed by atoms with Gasteiger partial charge in [0.25, 0.3) is 0 Å². The Kier molecular flexibility index (Phi) is 4.02. The lowest BCUT2D eigenvalue weighted by Crippen LogP contribution is -2.01. The Morgan fingerprint density at radius 1 is 1.26 bits per heavy atom. The van der Waals surface area contributed by atoms with Crippen molar-refractivity contribution >= 4 is 17.6 Å². The maximum Gasteiger partial charge on any atom is 0.339 e. The van der Waals surface area contributed by atoms with Crippen LogP contribution in [0.15, 0.2) is 36.5 Å². The molecule has 0 fully saturated rings. The van der Waals surface area contributed by atoms with E-state index >= 15 is 0 Å². The fraction of sp³-hybridized carbons (Fsp3) is 0.143. The lowest BCUT2D eigenvalue weighted by Gasteiger charge is -2.07. The molecule has 0 amide bonds. The second-order valence-electron chi connectivity index (χ2n) is 3.91. The van der Waals surface area contributed by atoms with Crippen molar-refractivity contribution in [3.63, 3.8) is 0 Å². The Morgan fingerprint density at radius 2 is 2.05 bits per heavy atom. The number of benzene rings is 1. The highest BCUT2D eigenvalue weighted by Gasteiger charge is 2.08. The molecule has 1 aromatic heterocycles. The van der Waals surface area contributed by atoms with Gasteiger partial charge in [-0.05, 0) is 30.7 Å². The molecule has 0 aliphatic rings. The summed E-state index contributed by atoms with van der Waals surface area (Å²) in [6.07, 6.45) is 1.39. The minimum absolute atomic E-state index is 0.360. The van der Waals surface area contributed by atoms with Gasteiger partial charge in [-0.1, -0.05) is 17.7 Å². The molecule has 0 unspecified atom stereocenters. The predicted octanol–water partition coefficient (Wildman–Crippen LogP) is 3.62. The fourth-order valence-corrected chi connectivity index (χ4v) is 1.75. The summed E-state index contributed by atoms with van der Waals surface area (Å²) in [5.74, 6) is 0.441. The number of carbonyl (C=O) groups excluding carboxylic acids is 1. The van der Waals surface area contributed by atoms with Crippen LogP contribution in [0.2, 0.25) is 5.02 Å². The monoisotopic (exact) mass is 277 g/mol. The van der Waals surface area contributed by atoms with Crippen molar-refractivity contribution < 1.29 is 14.3 Å². The molecular weight excluding hydrogens is 266 g/mol. The van der Waals surface area contributed by atoms with Gasteiger partial charge in [-0.2, -0.15) is 0 Å². The molecule has 0 aliphatic heterocycles. The first-order chi connectivity index (χ1) is 9.10. The summed E-state index contributed by atoms with van der Waals surface area (Å²) in [5, 5.41) is 0.513. The first-order valence-electron chi connectivity index (χ1n) is 5.58. The Labute approximate surface area is 115 Å². The Hall–Kier alpha value is -2.07. The third kappa shape index (κ3) is 3.23. The summed E-state index contributed by atoms with van der Waals surface area (Å²) >= 11 is 6.06. The van der Waals surface area contributed by atoms with Gasteiger partial charge < -0.3 is 9.47 Å². The van der Waals surface area contributed by atoms with E-state index in [0.717, 1.165) is 5.56 Å². The summed E-state index contributed by atoms with van der Waals surface area (Å²) in [6, 6.07) is 8.63. The molecule has 0 spiro atoms. The molecule has 0 bridgehead atoms. The molecule has 98 valence electrons. The topological polar surface area (TPSA) is 48.4 Å². The molecule has 0 aliphatic carbocycles. The van der Waals surface area contributed by atoms with Gasteiger partial charge >= 0.3 is 5.97 Å². The Balaban J connectivity index is 2.17. The number of aromatic nitrogens is 1. The highest BCUT2D eigenvalue weighted by Crippen LogP contribution is 2.29. The van der Waals surface area contributed by atoms with Crippen LogP contribution in [0.5, 0.6) is 11.6 Å². The maximum absolute atomic E-state index is 11.3. The summed E-state index contributed by atoms with van der Waals surface area (Å²) in [6.45, 7) is 1.94. The Morgan fingerprint density at radius 3 is 2.63 bits per heavy atom. The third-order valence-electron chi connectivity index (χ3n) is 2.46. The smallest absolute Gasteiger partial charge is 0.339 e. The summed E-state index contributed by atoms with van der Waals surface area (Å²) in [7, 11) is 1.32. The van der Waals surface area contributed by atoms with E-state index in [1.807, 2.05) is 13.0 Å². The molecule has 2 aromatic rings. The number of hydrogen-bond acceptors (Lipinski definition) is 4. The molecule has 0 saturated heterocycles. The van der Waals surface area contributed by atoms with E-state index in [2.05, 4.69) is 9.72 Å². The molecule has 0 radical (unpaired) electrons. The third-order valence-corrected chi connectivity index (χ3v) is 2.75. The largest absolute Gasteiger partial charge is 0.465 e. The standard InChI is InChI=1S/C14H12ClNO3/c1-9-3-5-12(11(15)7-9)19-13-6-4-10(8-16-13)14(17)18-2/h3-8H,1-2H3. The lowest BCUT2D eigenvalue weighted by atomic mass is 10.2. The number of pyridine rings is 1. The zero-order chi connectivity index (χ0) is 13.8. The molecule has 2 rings (SSSR count). The van der Waals surface area contributed by atoms with Crippen LogP contribution < -0.4 is 4.74 Å². The minimum Gasteiger partial charge on any atom is -0.465 e. The van der Waals surface area contributed by atoms with Gasteiger partial charge in [-0.3, -0.25) is 0 Å². The van der Waals surface area contributed by atoms with Crippen molar-refractivity contribution in [2.75, 3.05) is 7.11 Å². The van der Waals surface area contributed by atoms with Crippen LogP contribution >= 0.6 is 11.6 Å². The normalized spacial score (nSPS) is 10.1. The van der Waals surface area contributed by atoms with Crippen LogP contribution in [0.4, 0.5) is 0 Å². The molecule has 19 heavy (non-hydrogen) atoms. The quantitative estimate of drug-likeness (QED) is 0.804. The number of carbonyl (C=O) groups is 1. The molecule has 5 heteroatoms. The number of methoxy groups -OCH3 is 1. The van der Waals surface area contributed by atoms with Crippen molar-refractivity contribution in [1.29, 1.82) is 0 Å². The van der Waals surface area contributed by atoms with Gasteiger partial charge in [0.05, 0.1) is 17.7 Å². The fourth-order valence-electron chi connectivity index (χ4n) is 1.48. The molecule has 1 heterocycles. The van der Waals surface area contributed by atoms with Gasteiger partial charge in [-0.25, -0.2) is 9.78 Å². The zero-order valence-corrected chi connectivity index (χ0v) is 11.3. The molecule has 1 aromatic carbocycles. The Bertz CT molecular complexity index is 596. The first kappa shape index (κ1) is 13.4. The van der Waals surface area contributed by atoms with Crippen molar-refractivity contribution in [3.8, 4) is 11.6 Å². The van der Waals surface area contributed by atoms with Gasteiger partial charge in [0.2, 0.25) is 5.88 Å². The van der Waals surface area contributed by atoms with Gasteiger partial charge in [0.1, 0.15) is 5.75 Å². The highest BCUT2D eigenvalue weighted by molar-refractivity contribution is 6.32. The van der Waals surface area contributed by atoms with Crippen LogP contribution in [-0.2, 0) is 4.74 Å². The average Bonchev–Trinajstić information content (AvgIpc) is 2.42. The van der Waals surface area contributed by atoms with E-state index in [-0.39, 0.29) is 0 Å². The van der Waals surface area contributed by atoms with Gasteiger partial charge in [0, 0.05) is 12.3 Å². The lowest BCUT2D eigenvalue weighted by molar-refractivity contribution is 0.0600. The number of aryl methyl sites for hydroxylation is 1. The van der Waals surface area contributed by atoms with E-state index in [4.69, 9.17) is 16.3 Å². The zero-order valence-electron chi connectivity index (χ0n) is 10.5. The second kappa shape index (κ2) is 5.71. The van der Waals surface area contributed by atoms with Crippen LogP contribution in [0.3, 0.4) is 0 Å². The highest BCUT2D eigenvalue weighted by atomic mass is 35.5. The van der Waals surface area contributed by atoms with Gasteiger partial charge in [0.15, 0.2) is 0 Å². The first-order valence-corrected chi connectivity index (χ1v) is 5.96. The minimum atomic E-state index is -0.438. The van der Waals surface area contributed by atoms with E-state index in [9.17, 15) is 4.79 Å². The number of halogens is 1. The second-order valence-corrected chi connectivity index (χ2v) is 4.32. The maximum atomic E-state index is 11.3. The van der Waals surface area contributed by atoms with Crippen LogP contribution in [0, 0.1) is 6.92 Å². The molecule has 0 atom stereocenters. The van der Waals surface area contributed by atoms with E-state index in [0.29, 0.717) is 22.2 Å². The van der Waals surface area contributed by atoms with Crippen molar-refractivity contribution in [1.82, 2.24) is 4.98 Å². The molecular formula is C14H12ClNO3. The number of esters is 1.